The van der Waals surface area contributed by atoms with Crippen molar-refractivity contribution in [3.05, 3.63) is 66.2 Å². The molecule has 0 aliphatic carbocycles. The maximum atomic E-state index is 13.0. The molecule has 2 aliphatic rings. The number of hydrogen-bond acceptors (Lipinski definition) is 5. The van der Waals surface area contributed by atoms with Crippen LogP contribution in [0.4, 0.5) is 5.69 Å². The summed E-state index contributed by atoms with van der Waals surface area (Å²) >= 11 is 0. The van der Waals surface area contributed by atoms with Crippen LogP contribution in [0.1, 0.15) is 24.8 Å². The largest absolute Gasteiger partial charge is 0.390 e. The standard InChI is InChI=1S/C26H35N3O3/c1-27(20-21-8-4-2-5-9-21)26(31)25-24(30)13-12-23(32-25)14-15-28-16-18-29(19-17-28)22-10-6-3-7-11-22/h2-11,23-25,30H,12-20H2,1H3/t23-,24-,25+/m0/s1. The Balaban J connectivity index is 1.23. The Morgan fingerprint density at radius 1 is 1.00 bits per heavy atom. The first kappa shape index (κ1) is 22.8. The highest BCUT2D eigenvalue weighted by atomic mass is 16.5. The zero-order valence-electron chi connectivity index (χ0n) is 19.0. The van der Waals surface area contributed by atoms with Gasteiger partial charge in [0.05, 0.1) is 12.2 Å². The van der Waals surface area contributed by atoms with Crippen molar-refractivity contribution in [3.63, 3.8) is 0 Å². The molecule has 3 atom stereocenters. The van der Waals surface area contributed by atoms with Crippen LogP contribution in [-0.4, -0.2) is 78.9 Å². The molecule has 4 rings (SSSR count). The third-order valence-corrected chi connectivity index (χ3v) is 6.62. The molecule has 0 aromatic heterocycles. The Labute approximate surface area is 191 Å². The summed E-state index contributed by atoms with van der Waals surface area (Å²) in [5.41, 5.74) is 2.36. The molecule has 2 aromatic carbocycles. The van der Waals surface area contributed by atoms with Crippen LogP contribution >= 0.6 is 0 Å². The van der Waals surface area contributed by atoms with E-state index in [2.05, 4.69) is 40.1 Å². The molecule has 1 N–H and O–H groups in total. The summed E-state index contributed by atoms with van der Waals surface area (Å²) in [4.78, 5) is 19.5. The quantitative estimate of drug-likeness (QED) is 0.722. The van der Waals surface area contributed by atoms with Crippen molar-refractivity contribution in [1.29, 1.82) is 0 Å². The maximum Gasteiger partial charge on any atom is 0.254 e. The first-order valence-corrected chi connectivity index (χ1v) is 11.7. The third-order valence-electron chi connectivity index (χ3n) is 6.62. The third kappa shape index (κ3) is 5.88. The number of anilines is 1. The lowest BCUT2D eigenvalue weighted by atomic mass is 9.98. The molecular formula is C26H35N3O3. The van der Waals surface area contributed by atoms with Gasteiger partial charge in [0.25, 0.3) is 5.91 Å². The van der Waals surface area contributed by atoms with Crippen LogP contribution in [0.2, 0.25) is 0 Å². The van der Waals surface area contributed by atoms with Crippen molar-refractivity contribution in [3.8, 4) is 0 Å². The predicted molar refractivity (Wildman–Crippen MR) is 127 cm³/mol. The number of likely N-dealkylation sites (N-methyl/N-ethyl adjacent to an activating group) is 1. The van der Waals surface area contributed by atoms with Gasteiger partial charge in [0.15, 0.2) is 6.10 Å². The number of ether oxygens (including phenoxy) is 1. The van der Waals surface area contributed by atoms with Gasteiger partial charge in [0.1, 0.15) is 0 Å². The number of carbonyl (C=O) groups is 1. The van der Waals surface area contributed by atoms with Gasteiger partial charge in [-0.05, 0) is 37.0 Å². The van der Waals surface area contributed by atoms with E-state index in [1.54, 1.807) is 11.9 Å². The van der Waals surface area contributed by atoms with E-state index in [4.69, 9.17) is 4.74 Å². The fourth-order valence-electron chi connectivity index (χ4n) is 4.66. The number of carbonyl (C=O) groups excluding carboxylic acids is 1. The zero-order chi connectivity index (χ0) is 22.3. The summed E-state index contributed by atoms with van der Waals surface area (Å²) in [6, 6.07) is 20.5. The zero-order valence-corrected chi connectivity index (χ0v) is 19.0. The van der Waals surface area contributed by atoms with Crippen molar-refractivity contribution < 1.29 is 14.6 Å². The maximum absolute atomic E-state index is 13.0. The van der Waals surface area contributed by atoms with Gasteiger partial charge in [-0.25, -0.2) is 0 Å². The fraction of sp³-hybridized carbons (Fsp3) is 0.500. The van der Waals surface area contributed by atoms with Crippen LogP contribution in [0.3, 0.4) is 0 Å². The molecule has 0 saturated carbocycles. The highest BCUT2D eigenvalue weighted by Gasteiger charge is 2.36. The Morgan fingerprint density at radius 3 is 2.34 bits per heavy atom. The molecule has 6 nitrogen and oxygen atoms in total. The average Bonchev–Trinajstić information content (AvgIpc) is 2.84. The molecule has 2 saturated heterocycles. The van der Waals surface area contributed by atoms with E-state index < -0.39 is 12.2 Å². The molecule has 2 heterocycles. The Morgan fingerprint density at radius 2 is 1.66 bits per heavy atom. The lowest BCUT2D eigenvalue weighted by Crippen LogP contribution is -2.50. The van der Waals surface area contributed by atoms with Crippen LogP contribution in [0.15, 0.2) is 60.7 Å². The molecule has 2 aromatic rings. The van der Waals surface area contributed by atoms with Crippen molar-refractivity contribution in [2.45, 2.75) is 44.1 Å². The minimum atomic E-state index is -0.766. The van der Waals surface area contributed by atoms with Crippen LogP contribution < -0.4 is 4.90 Å². The van der Waals surface area contributed by atoms with Crippen LogP contribution in [0.25, 0.3) is 0 Å². The summed E-state index contributed by atoms with van der Waals surface area (Å²) < 4.78 is 6.12. The van der Waals surface area contributed by atoms with Crippen LogP contribution in [0, 0.1) is 0 Å². The number of hydrogen-bond donors (Lipinski definition) is 1. The number of rotatable bonds is 7. The summed E-state index contributed by atoms with van der Waals surface area (Å²) in [6.45, 7) is 5.60. The number of aliphatic hydroxyl groups excluding tert-OH is 1. The van der Waals surface area contributed by atoms with Crippen LogP contribution in [-0.2, 0) is 16.1 Å². The highest BCUT2D eigenvalue weighted by Crippen LogP contribution is 2.24. The second kappa shape index (κ2) is 10.9. The number of amides is 1. The molecule has 0 spiro atoms. The van der Waals surface area contributed by atoms with Gasteiger partial charge in [0.2, 0.25) is 0 Å². The van der Waals surface area contributed by atoms with E-state index in [1.165, 1.54) is 5.69 Å². The normalized spacial score (nSPS) is 24.3. The molecule has 6 heteroatoms. The minimum absolute atomic E-state index is 0.0182. The average molecular weight is 438 g/mol. The molecule has 0 bridgehead atoms. The van der Waals surface area contributed by atoms with Crippen molar-refractivity contribution in [1.82, 2.24) is 9.80 Å². The smallest absolute Gasteiger partial charge is 0.254 e. The minimum Gasteiger partial charge on any atom is -0.390 e. The SMILES string of the molecule is CN(Cc1ccccc1)C(=O)[C@@H]1O[C@H](CCN2CCN(c3ccccc3)CC2)CC[C@@H]1O. The van der Waals surface area contributed by atoms with Crippen molar-refractivity contribution >= 4 is 11.6 Å². The van der Waals surface area contributed by atoms with E-state index >= 15 is 0 Å². The monoisotopic (exact) mass is 437 g/mol. The van der Waals surface area contributed by atoms with Gasteiger partial charge in [-0.2, -0.15) is 0 Å². The van der Waals surface area contributed by atoms with Gasteiger partial charge in [-0.1, -0.05) is 48.5 Å². The molecule has 2 aliphatic heterocycles. The molecule has 0 radical (unpaired) electrons. The first-order chi connectivity index (χ1) is 15.6. The summed E-state index contributed by atoms with van der Waals surface area (Å²) in [5, 5.41) is 10.4. The van der Waals surface area contributed by atoms with Gasteiger partial charge in [-0.15, -0.1) is 0 Å². The number of aliphatic hydroxyl groups is 1. The number of piperazine rings is 1. The summed E-state index contributed by atoms with van der Waals surface area (Å²) in [7, 11) is 1.78. The molecule has 2 fully saturated rings. The molecular weight excluding hydrogens is 402 g/mol. The lowest BCUT2D eigenvalue weighted by Gasteiger charge is -2.38. The van der Waals surface area contributed by atoms with Crippen molar-refractivity contribution in [2.75, 3.05) is 44.7 Å². The first-order valence-electron chi connectivity index (χ1n) is 11.7. The van der Waals surface area contributed by atoms with Gasteiger partial charge < -0.3 is 19.6 Å². The number of nitrogens with zero attached hydrogens (tertiary/aromatic N) is 3. The summed E-state index contributed by atoms with van der Waals surface area (Å²) in [5.74, 6) is -0.137. The second-order valence-electron chi connectivity index (χ2n) is 8.96. The Kier molecular flexibility index (Phi) is 7.79. The predicted octanol–water partition coefficient (Wildman–Crippen LogP) is 2.77. The fourth-order valence-corrected chi connectivity index (χ4v) is 4.66. The van der Waals surface area contributed by atoms with Crippen LogP contribution in [0.5, 0.6) is 0 Å². The van der Waals surface area contributed by atoms with Gasteiger partial charge in [-0.3, -0.25) is 9.69 Å². The van der Waals surface area contributed by atoms with E-state index in [1.807, 2.05) is 30.3 Å². The van der Waals surface area contributed by atoms with E-state index in [0.717, 1.165) is 51.1 Å². The van der Waals surface area contributed by atoms with E-state index in [9.17, 15) is 9.90 Å². The number of benzene rings is 2. The Bertz CT molecular complexity index is 840. The second-order valence-corrected chi connectivity index (χ2v) is 8.96. The highest BCUT2D eigenvalue weighted by molar-refractivity contribution is 5.81. The van der Waals surface area contributed by atoms with Gasteiger partial charge in [0, 0.05) is 52.0 Å². The van der Waals surface area contributed by atoms with Crippen molar-refractivity contribution in [2.24, 2.45) is 0 Å². The van der Waals surface area contributed by atoms with E-state index in [-0.39, 0.29) is 12.0 Å². The van der Waals surface area contributed by atoms with E-state index in [0.29, 0.717) is 13.0 Å². The Hall–Kier alpha value is -2.41. The molecule has 32 heavy (non-hydrogen) atoms. The molecule has 0 unspecified atom stereocenters. The van der Waals surface area contributed by atoms with Gasteiger partial charge >= 0.3 is 0 Å². The lowest BCUT2D eigenvalue weighted by molar-refractivity contribution is -0.167. The number of para-hydroxylation sites is 1. The molecule has 1 amide bonds. The topological polar surface area (TPSA) is 56.2 Å². The molecule has 172 valence electrons. The summed E-state index contributed by atoms with van der Waals surface area (Å²) in [6.07, 6.45) is 0.831.